The number of hydrogen-bond donors (Lipinski definition) is 0. The minimum absolute atomic E-state index is 0.0769. The summed E-state index contributed by atoms with van der Waals surface area (Å²) in [5.41, 5.74) is 0. The molecule has 0 saturated carbocycles. The maximum Gasteiger partial charge on any atom is 0.347 e. The Morgan fingerprint density at radius 3 is 1.84 bits per heavy atom. The van der Waals surface area contributed by atoms with Gasteiger partial charge in [0.1, 0.15) is 0 Å². The Morgan fingerprint density at radius 1 is 0.947 bits per heavy atom. The van der Waals surface area contributed by atoms with Crippen LogP contribution in [-0.2, 0) is 19.1 Å². The molecule has 0 aromatic carbocycles. The van der Waals surface area contributed by atoms with Crippen LogP contribution >= 0.6 is 0 Å². The summed E-state index contributed by atoms with van der Waals surface area (Å²) in [7, 11) is 0. The lowest BCUT2D eigenvalue weighted by atomic mass is 9.98. The molecule has 0 saturated heterocycles. The van der Waals surface area contributed by atoms with Crippen LogP contribution in [0.5, 0.6) is 0 Å². The molecule has 0 N–H and O–H groups in total. The number of ether oxygens (including phenoxy) is 2. The molecule has 0 spiro atoms. The fourth-order valence-electron chi connectivity index (χ4n) is 1.98. The van der Waals surface area contributed by atoms with Crippen molar-refractivity contribution >= 4 is 11.9 Å². The fraction of sp³-hybridized carbons (Fsp3) is 0.867. The predicted molar refractivity (Wildman–Crippen MR) is 74.7 cm³/mol. The molecule has 0 aliphatic heterocycles. The third-order valence-electron chi connectivity index (χ3n) is 2.98. The first-order valence-corrected chi connectivity index (χ1v) is 7.34. The molecule has 112 valence electrons. The molecule has 0 fully saturated rings. The summed E-state index contributed by atoms with van der Waals surface area (Å²) in [6.45, 7) is 9.83. The van der Waals surface area contributed by atoms with Crippen LogP contribution in [0.4, 0.5) is 0 Å². The second kappa shape index (κ2) is 9.82. The van der Waals surface area contributed by atoms with Gasteiger partial charge in [-0.2, -0.15) is 0 Å². The lowest BCUT2D eigenvalue weighted by Crippen LogP contribution is -2.35. The first-order valence-electron chi connectivity index (χ1n) is 7.34. The fourth-order valence-corrected chi connectivity index (χ4v) is 1.98. The number of carbonyl (C=O) groups is 2. The highest BCUT2D eigenvalue weighted by molar-refractivity contribution is 5.80. The Labute approximate surface area is 116 Å². The zero-order chi connectivity index (χ0) is 14.8. The summed E-state index contributed by atoms with van der Waals surface area (Å²) >= 11 is 0. The van der Waals surface area contributed by atoms with Gasteiger partial charge in [0.05, 0.1) is 12.5 Å². The van der Waals surface area contributed by atoms with Crippen LogP contribution in [0, 0.1) is 11.8 Å². The zero-order valence-electron chi connectivity index (χ0n) is 12.9. The average molecular weight is 272 g/mol. The molecular weight excluding hydrogens is 244 g/mol. The van der Waals surface area contributed by atoms with Gasteiger partial charge >= 0.3 is 11.9 Å². The normalized spacial score (nSPS) is 12.6. The van der Waals surface area contributed by atoms with Crippen molar-refractivity contribution in [3.8, 4) is 0 Å². The van der Waals surface area contributed by atoms with Crippen molar-refractivity contribution in [1.82, 2.24) is 0 Å². The van der Waals surface area contributed by atoms with E-state index in [0.717, 1.165) is 25.7 Å². The molecule has 4 heteroatoms. The maximum atomic E-state index is 12.1. The second-order valence-electron chi connectivity index (χ2n) is 5.13. The summed E-state index contributed by atoms with van der Waals surface area (Å²) in [5.74, 6) is -0.898. The Balaban J connectivity index is 4.63. The summed E-state index contributed by atoms with van der Waals surface area (Å²) in [6, 6.07) is 0. The van der Waals surface area contributed by atoms with Crippen LogP contribution < -0.4 is 0 Å². The lowest BCUT2D eigenvalue weighted by molar-refractivity contribution is -0.173. The third-order valence-corrected chi connectivity index (χ3v) is 2.98. The quantitative estimate of drug-likeness (QED) is 0.604. The molecule has 1 unspecified atom stereocenters. The van der Waals surface area contributed by atoms with Gasteiger partial charge < -0.3 is 9.47 Å². The molecule has 4 nitrogen and oxygen atoms in total. The van der Waals surface area contributed by atoms with E-state index in [-0.39, 0.29) is 17.8 Å². The van der Waals surface area contributed by atoms with Gasteiger partial charge in [0.25, 0.3) is 0 Å². The van der Waals surface area contributed by atoms with Crippen LogP contribution in [0.1, 0.15) is 60.3 Å². The molecule has 0 aliphatic carbocycles. The Bertz CT molecular complexity index is 267. The van der Waals surface area contributed by atoms with Crippen molar-refractivity contribution in [3.63, 3.8) is 0 Å². The largest absolute Gasteiger partial charge is 0.463 e. The first kappa shape index (κ1) is 17.9. The van der Waals surface area contributed by atoms with E-state index in [9.17, 15) is 9.59 Å². The highest BCUT2D eigenvalue weighted by Gasteiger charge is 2.30. The smallest absolute Gasteiger partial charge is 0.347 e. The number of esters is 2. The minimum atomic E-state index is -0.788. The van der Waals surface area contributed by atoms with Gasteiger partial charge in [0.2, 0.25) is 6.10 Å². The number of hydrogen-bond acceptors (Lipinski definition) is 4. The van der Waals surface area contributed by atoms with Crippen molar-refractivity contribution in [3.05, 3.63) is 0 Å². The highest BCUT2D eigenvalue weighted by Crippen LogP contribution is 2.18. The van der Waals surface area contributed by atoms with Crippen LogP contribution in [0.15, 0.2) is 0 Å². The Hall–Kier alpha value is -1.06. The van der Waals surface area contributed by atoms with E-state index >= 15 is 0 Å². The summed E-state index contributed by atoms with van der Waals surface area (Å²) in [4.78, 5) is 23.9. The summed E-state index contributed by atoms with van der Waals surface area (Å²) in [5, 5.41) is 0. The summed E-state index contributed by atoms with van der Waals surface area (Å²) in [6.07, 6.45) is 2.70. The van der Waals surface area contributed by atoms with Gasteiger partial charge in [-0.3, -0.25) is 4.79 Å². The lowest BCUT2D eigenvalue weighted by Gasteiger charge is -2.22. The van der Waals surface area contributed by atoms with E-state index < -0.39 is 12.1 Å². The van der Waals surface area contributed by atoms with E-state index in [0.29, 0.717) is 6.61 Å². The molecule has 0 aliphatic rings. The maximum absolute atomic E-state index is 12.1. The van der Waals surface area contributed by atoms with Crippen LogP contribution in [0.3, 0.4) is 0 Å². The van der Waals surface area contributed by atoms with Gasteiger partial charge in [-0.25, -0.2) is 4.79 Å². The zero-order valence-corrected chi connectivity index (χ0v) is 12.9. The van der Waals surface area contributed by atoms with Crippen molar-refractivity contribution in [2.45, 2.75) is 66.4 Å². The molecule has 19 heavy (non-hydrogen) atoms. The van der Waals surface area contributed by atoms with E-state index in [1.165, 1.54) is 0 Å². The third kappa shape index (κ3) is 6.60. The average Bonchev–Trinajstić information content (AvgIpc) is 2.35. The van der Waals surface area contributed by atoms with Gasteiger partial charge in [-0.05, 0) is 19.8 Å². The van der Waals surface area contributed by atoms with Crippen molar-refractivity contribution in [2.75, 3.05) is 6.61 Å². The molecule has 0 aromatic heterocycles. The SMILES string of the molecule is CCCC(CCC)C(=O)OC(C(=O)OCC)C(C)C. The topological polar surface area (TPSA) is 52.6 Å². The molecule has 1 atom stereocenters. The van der Waals surface area contributed by atoms with Gasteiger partial charge in [0, 0.05) is 5.92 Å². The second-order valence-corrected chi connectivity index (χ2v) is 5.13. The van der Waals surface area contributed by atoms with E-state index in [4.69, 9.17) is 9.47 Å². The molecule has 0 amide bonds. The van der Waals surface area contributed by atoms with Gasteiger partial charge in [-0.15, -0.1) is 0 Å². The highest BCUT2D eigenvalue weighted by atomic mass is 16.6. The molecular formula is C15H28O4. The first-order chi connectivity index (χ1) is 8.97. The molecule has 0 bridgehead atoms. The van der Waals surface area contributed by atoms with Crippen LogP contribution in [0.25, 0.3) is 0 Å². The number of rotatable bonds is 9. The molecule has 0 rings (SSSR count). The van der Waals surface area contributed by atoms with Crippen molar-refractivity contribution in [1.29, 1.82) is 0 Å². The van der Waals surface area contributed by atoms with Crippen LogP contribution in [-0.4, -0.2) is 24.6 Å². The molecule has 0 heterocycles. The van der Waals surface area contributed by atoms with E-state index in [1.54, 1.807) is 6.92 Å². The summed E-state index contributed by atoms with van der Waals surface area (Å²) < 4.78 is 10.3. The van der Waals surface area contributed by atoms with Crippen molar-refractivity contribution < 1.29 is 19.1 Å². The standard InChI is InChI=1S/C15H28O4/c1-6-9-12(10-7-2)14(16)19-13(11(4)5)15(17)18-8-3/h11-13H,6-10H2,1-5H3. The van der Waals surface area contributed by atoms with E-state index in [2.05, 4.69) is 0 Å². The number of carbonyl (C=O) groups excluding carboxylic acids is 2. The monoisotopic (exact) mass is 272 g/mol. The minimum Gasteiger partial charge on any atom is -0.463 e. The molecule has 0 radical (unpaired) electrons. The van der Waals surface area contributed by atoms with E-state index in [1.807, 2.05) is 27.7 Å². The van der Waals surface area contributed by atoms with Crippen molar-refractivity contribution in [2.24, 2.45) is 11.8 Å². The van der Waals surface area contributed by atoms with Gasteiger partial charge in [0.15, 0.2) is 0 Å². The van der Waals surface area contributed by atoms with Crippen LogP contribution in [0.2, 0.25) is 0 Å². The Kier molecular flexibility index (Phi) is 9.27. The van der Waals surface area contributed by atoms with Gasteiger partial charge in [-0.1, -0.05) is 40.5 Å². The predicted octanol–water partition coefficient (Wildman–Crippen LogP) is 3.33. The molecule has 0 aromatic rings. The Morgan fingerprint density at radius 2 is 1.47 bits per heavy atom.